The van der Waals surface area contributed by atoms with Crippen LogP contribution in [0.3, 0.4) is 0 Å². The molecule has 2 aromatic rings. The molecule has 2 unspecified atom stereocenters. The topological polar surface area (TPSA) is 120 Å². The van der Waals surface area contributed by atoms with Crippen LogP contribution in [0.4, 0.5) is 22.0 Å². The molecule has 3 N–H and O–H groups in total. The predicted octanol–water partition coefficient (Wildman–Crippen LogP) is 3.73. The first kappa shape index (κ1) is 17.0. The molecule has 8 nitrogen and oxygen atoms in total. The number of nitrogens with two attached hydrogens (primary N) is 1. The van der Waals surface area contributed by atoms with Gasteiger partial charge in [0.1, 0.15) is 11.3 Å². The van der Waals surface area contributed by atoms with Gasteiger partial charge < -0.3 is 15.8 Å². The fourth-order valence-electron chi connectivity index (χ4n) is 2.76. The molecule has 1 aromatic carbocycles. The third kappa shape index (κ3) is 3.80. The van der Waals surface area contributed by atoms with Gasteiger partial charge in [-0.3, -0.25) is 10.1 Å². The van der Waals surface area contributed by atoms with Crippen molar-refractivity contribution in [2.24, 2.45) is 5.73 Å². The van der Waals surface area contributed by atoms with Crippen molar-refractivity contribution in [3.05, 3.63) is 57.2 Å². The van der Waals surface area contributed by atoms with Gasteiger partial charge in [0.25, 0.3) is 0 Å². The first-order chi connectivity index (χ1) is 11.9. The summed E-state index contributed by atoms with van der Waals surface area (Å²) in [5.41, 5.74) is 6.54. The molecule has 1 saturated carbocycles. The van der Waals surface area contributed by atoms with Crippen LogP contribution < -0.4 is 11.1 Å². The fraction of sp³-hybridized carbons (Fsp3) is 0.250. The summed E-state index contributed by atoms with van der Waals surface area (Å²) >= 11 is 5.81. The lowest BCUT2D eigenvalue weighted by Gasteiger charge is -2.35. The van der Waals surface area contributed by atoms with Crippen LogP contribution in [-0.2, 0) is 4.74 Å². The van der Waals surface area contributed by atoms with Crippen LogP contribution in [0.15, 0.2) is 36.4 Å². The monoisotopic (exact) mass is 362 g/mol. The van der Waals surface area contributed by atoms with Gasteiger partial charge in [-0.25, -0.2) is 9.78 Å². The Balaban J connectivity index is 1.75. The van der Waals surface area contributed by atoms with Gasteiger partial charge in [0.2, 0.25) is 5.82 Å². The van der Waals surface area contributed by atoms with Crippen LogP contribution in [0.1, 0.15) is 24.3 Å². The van der Waals surface area contributed by atoms with Crippen LogP contribution in [-0.4, -0.2) is 22.1 Å². The van der Waals surface area contributed by atoms with Crippen LogP contribution in [0, 0.1) is 10.1 Å². The number of nitrogens with zero attached hydrogens (tertiary/aromatic N) is 2. The molecule has 1 amide bonds. The summed E-state index contributed by atoms with van der Waals surface area (Å²) in [6.45, 7) is 0. The van der Waals surface area contributed by atoms with E-state index in [1.165, 1.54) is 12.1 Å². The zero-order valence-corrected chi connectivity index (χ0v) is 13.8. The zero-order valence-electron chi connectivity index (χ0n) is 13.0. The molecule has 0 aliphatic heterocycles. The largest absolute Gasteiger partial charge is 0.446 e. The number of hydrogen-bond donors (Lipinski definition) is 2. The van der Waals surface area contributed by atoms with Gasteiger partial charge in [0.05, 0.1) is 4.92 Å². The number of amides is 1. The number of nitro groups is 1. The molecule has 0 spiro atoms. The molecule has 3 rings (SSSR count). The fourth-order valence-corrected chi connectivity index (χ4v) is 2.91. The van der Waals surface area contributed by atoms with E-state index in [2.05, 4.69) is 10.3 Å². The van der Waals surface area contributed by atoms with Crippen molar-refractivity contribution in [2.75, 3.05) is 5.32 Å². The van der Waals surface area contributed by atoms with E-state index in [4.69, 9.17) is 22.1 Å². The number of carbonyl (C=O) groups excluding carboxylic acids is 1. The number of ether oxygens (including phenoxy) is 1. The summed E-state index contributed by atoms with van der Waals surface area (Å²) in [4.78, 5) is 25.4. The number of nitrogens with one attached hydrogen (secondary N) is 1. The number of rotatable bonds is 5. The third-order valence-electron chi connectivity index (χ3n) is 4.12. The van der Waals surface area contributed by atoms with Gasteiger partial charge in [0, 0.05) is 17.7 Å². The maximum Gasteiger partial charge on any atom is 0.404 e. The van der Waals surface area contributed by atoms with Gasteiger partial charge in [-0.15, -0.1) is 0 Å². The lowest BCUT2D eigenvalue weighted by molar-refractivity contribution is -0.384. The van der Waals surface area contributed by atoms with Crippen molar-refractivity contribution in [2.45, 2.75) is 24.9 Å². The number of halogens is 1. The van der Waals surface area contributed by atoms with Gasteiger partial charge >= 0.3 is 11.8 Å². The second-order valence-corrected chi connectivity index (χ2v) is 6.05. The summed E-state index contributed by atoms with van der Waals surface area (Å²) in [5.74, 6) is 0.184. The highest BCUT2D eigenvalue weighted by molar-refractivity contribution is 6.29. The molecule has 9 heteroatoms. The number of hydrogen-bond acceptors (Lipinski definition) is 6. The number of primary amides is 1. The molecule has 2 atom stereocenters. The molecule has 0 bridgehead atoms. The molecular formula is C16H15ClN4O4. The molecule has 130 valence electrons. The van der Waals surface area contributed by atoms with E-state index >= 15 is 0 Å². The molecule has 1 fully saturated rings. The second-order valence-electron chi connectivity index (χ2n) is 5.67. The first-order valence-corrected chi connectivity index (χ1v) is 7.96. The summed E-state index contributed by atoms with van der Waals surface area (Å²) in [7, 11) is 0. The Labute approximate surface area is 148 Å². The average Bonchev–Trinajstić information content (AvgIpc) is 2.53. The van der Waals surface area contributed by atoms with Crippen molar-refractivity contribution in [3.8, 4) is 0 Å². The summed E-state index contributed by atoms with van der Waals surface area (Å²) in [6.07, 6.45) is 0.720. The molecule has 0 radical (unpaired) electrons. The lowest BCUT2D eigenvalue weighted by atomic mass is 9.77. The summed E-state index contributed by atoms with van der Waals surface area (Å²) < 4.78 is 5.06. The Morgan fingerprint density at radius 2 is 2.00 bits per heavy atom. The quantitative estimate of drug-likeness (QED) is 0.475. The van der Waals surface area contributed by atoms with Gasteiger partial charge in [-0.2, -0.15) is 0 Å². The van der Waals surface area contributed by atoms with E-state index in [1.54, 1.807) is 12.1 Å². The average molecular weight is 363 g/mol. The van der Waals surface area contributed by atoms with E-state index in [1.807, 2.05) is 12.1 Å². The number of carbonyl (C=O) groups is 1. The molecule has 1 aliphatic carbocycles. The predicted molar refractivity (Wildman–Crippen MR) is 92.1 cm³/mol. The number of benzene rings is 1. The summed E-state index contributed by atoms with van der Waals surface area (Å²) in [5, 5.41) is 14.1. The van der Waals surface area contributed by atoms with Crippen LogP contribution >= 0.6 is 11.6 Å². The van der Waals surface area contributed by atoms with E-state index < -0.39 is 11.0 Å². The van der Waals surface area contributed by atoms with E-state index in [0.717, 1.165) is 18.4 Å². The third-order valence-corrected chi connectivity index (χ3v) is 4.33. The van der Waals surface area contributed by atoms with Crippen LogP contribution in [0.2, 0.25) is 5.15 Å². The molecule has 1 heterocycles. The minimum Gasteiger partial charge on any atom is -0.446 e. The second kappa shape index (κ2) is 6.94. The lowest BCUT2D eigenvalue weighted by Crippen LogP contribution is -2.35. The Morgan fingerprint density at radius 1 is 1.28 bits per heavy atom. The highest BCUT2D eigenvalue weighted by Crippen LogP contribution is 2.39. The van der Waals surface area contributed by atoms with Crippen molar-refractivity contribution >= 4 is 34.9 Å². The zero-order chi connectivity index (χ0) is 18.0. The van der Waals surface area contributed by atoms with Gasteiger partial charge in [0.15, 0.2) is 0 Å². The van der Waals surface area contributed by atoms with Gasteiger partial charge in [-0.1, -0.05) is 23.7 Å². The first-order valence-electron chi connectivity index (χ1n) is 7.58. The standard InChI is InChI=1S/C16H15ClN4O4/c17-14-8-6-12(21(23)24)15(20-14)19-10-3-1-9(2-4-10)11-5-7-13(11)25-16(18)22/h1-4,6,8,11,13H,5,7H2,(H2,18,22)(H,19,20). The Hall–Kier alpha value is -2.87. The maximum atomic E-state index is 11.1. The van der Waals surface area contributed by atoms with Gasteiger partial charge in [-0.05, 0) is 36.6 Å². The van der Waals surface area contributed by atoms with E-state index in [-0.39, 0.29) is 28.7 Å². The van der Waals surface area contributed by atoms with Crippen molar-refractivity contribution in [3.63, 3.8) is 0 Å². The normalized spacial score (nSPS) is 18.9. The minimum absolute atomic E-state index is 0.0730. The van der Waals surface area contributed by atoms with Crippen LogP contribution in [0.5, 0.6) is 0 Å². The highest BCUT2D eigenvalue weighted by Gasteiger charge is 2.34. The number of aromatic nitrogens is 1. The Morgan fingerprint density at radius 3 is 2.56 bits per heavy atom. The van der Waals surface area contributed by atoms with Crippen LogP contribution in [0.25, 0.3) is 0 Å². The molecule has 1 aromatic heterocycles. The Bertz CT molecular complexity index is 812. The number of anilines is 2. The van der Waals surface area contributed by atoms with E-state index in [9.17, 15) is 14.9 Å². The van der Waals surface area contributed by atoms with Crippen molar-refractivity contribution < 1.29 is 14.5 Å². The van der Waals surface area contributed by atoms with Crippen molar-refractivity contribution in [1.82, 2.24) is 4.98 Å². The SMILES string of the molecule is NC(=O)OC1CCC1c1ccc(Nc2nc(Cl)ccc2[N+](=O)[O-])cc1. The smallest absolute Gasteiger partial charge is 0.404 e. The van der Waals surface area contributed by atoms with Crippen molar-refractivity contribution in [1.29, 1.82) is 0 Å². The molecule has 25 heavy (non-hydrogen) atoms. The highest BCUT2D eigenvalue weighted by atomic mass is 35.5. The Kier molecular flexibility index (Phi) is 4.71. The molecular weight excluding hydrogens is 348 g/mol. The molecule has 1 aliphatic rings. The molecule has 0 saturated heterocycles. The maximum absolute atomic E-state index is 11.1. The minimum atomic E-state index is -0.771. The number of pyridine rings is 1. The summed E-state index contributed by atoms with van der Waals surface area (Å²) in [6, 6.07) is 9.97. The van der Waals surface area contributed by atoms with E-state index in [0.29, 0.717) is 5.69 Å².